The van der Waals surface area contributed by atoms with Crippen molar-refractivity contribution in [2.24, 2.45) is 0 Å². The largest absolute Gasteiger partial charge is 0.433 e. The van der Waals surface area contributed by atoms with Gasteiger partial charge < -0.3 is 0 Å². The molecule has 0 unspecified atom stereocenters. The van der Waals surface area contributed by atoms with Gasteiger partial charge in [-0.05, 0) is 13.0 Å². The minimum atomic E-state index is -4.37. The fraction of sp³-hybridized carbons (Fsp3) is 0.500. The lowest BCUT2D eigenvalue weighted by Gasteiger charge is -2.03. The van der Waals surface area contributed by atoms with Gasteiger partial charge in [0.15, 0.2) is 0 Å². The predicted octanol–water partition coefficient (Wildman–Crippen LogP) is 2.83. The molecule has 1 aromatic rings. The number of hydrogen-bond acceptors (Lipinski definition) is 2. The molecular formula is C8H11F3N2. The molecule has 0 amide bonds. The van der Waals surface area contributed by atoms with E-state index in [2.05, 4.69) is 9.97 Å². The van der Waals surface area contributed by atoms with Gasteiger partial charge in [-0.15, -0.1) is 0 Å². The Labute approximate surface area is 74.8 Å². The average Bonchev–Trinajstić information content (AvgIpc) is 2.06. The van der Waals surface area contributed by atoms with Crippen molar-refractivity contribution in [2.45, 2.75) is 26.9 Å². The molecule has 0 aliphatic rings. The molecule has 0 aromatic carbocycles. The Morgan fingerprint density at radius 1 is 1.15 bits per heavy atom. The van der Waals surface area contributed by atoms with Crippen molar-refractivity contribution < 1.29 is 13.2 Å². The second-order valence-corrected chi connectivity index (χ2v) is 2.04. The van der Waals surface area contributed by atoms with Gasteiger partial charge in [-0.3, -0.25) is 0 Å². The van der Waals surface area contributed by atoms with E-state index in [0.717, 1.165) is 12.4 Å². The number of aromatic nitrogens is 2. The predicted molar refractivity (Wildman–Crippen MR) is 43.1 cm³/mol. The lowest BCUT2D eigenvalue weighted by molar-refractivity contribution is -0.141. The maximum atomic E-state index is 11.9. The van der Waals surface area contributed by atoms with Crippen LogP contribution in [0.15, 0.2) is 12.4 Å². The van der Waals surface area contributed by atoms with Crippen LogP contribution in [0.4, 0.5) is 13.2 Å². The topological polar surface area (TPSA) is 25.8 Å². The minimum absolute atomic E-state index is 0.312. The summed E-state index contributed by atoms with van der Waals surface area (Å²) in [5, 5.41) is 0. The molecule has 13 heavy (non-hydrogen) atoms. The zero-order chi connectivity index (χ0) is 10.5. The normalized spacial score (nSPS) is 10.3. The maximum absolute atomic E-state index is 11.9. The Hall–Kier alpha value is -1.13. The molecule has 0 spiro atoms. The monoisotopic (exact) mass is 192 g/mol. The first-order valence-corrected chi connectivity index (χ1v) is 3.86. The number of hydrogen-bond donors (Lipinski definition) is 0. The Bertz CT molecular complexity index is 258. The highest BCUT2D eigenvalue weighted by Crippen LogP contribution is 2.26. The van der Waals surface area contributed by atoms with Crippen LogP contribution in [0.1, 0.15) is 25.2 Å². The first-order chi connectivity index (χ1) is 6.00. The molecule has 1 aromatic heterocycles. The van der Waals surface area contributed by atoms with Crippen molar-refractivity contribution in [3.05, 3.63) is 23.8 Å². The summed E-state index contributed by atoms with van der Waals surface area (Å²) in [5.74, 6) is 0. The number of nitrogens with zero attached hydrogens (tertiary/aromatic N) is 2. The minimum Gasteiger partial charge on any atom is -0.242 e. The zero-order valence-corrected chi connectivity index (χ0v) is 7.68. The number of rotatable bonds is 0. The van der Waals surface area contributed by atoms with Crippen LogP contribution in [0.3, 0.4) is 0 Å². The molecule has 0 radical (unpaired) electrons. The van der Waals surface area contributed by atoms with Crippen LogP contribution in [0.5, 0.6) is 0 Å². The average molecular weight is 192 g/mol. The van der Waals surface area contributed by atoms with Crippen molar-refractivity contribution in [1.82, 2.24) is 9.97 Å². The lowest BCUT2D eigenvalue weighted by Crippen LogP contribution is -2.08. The van der Waals surface area contributed by atoms with Crippen molar-refractivity contribution in [2.75, 3.05) is 0 Å². The Morgan fingerprint density at radius 3 is 2.00 bits per heavy atom. The van der Waals surface area contributed by atoms with Crippen LogP contribution < -0.4 is 0 Å². The second kappa shape index (κ2) is 4.79. The van der Waals surface area contributed by atoms with Gasteiger partial charge in [0.25, 0.3) is 0 Å². The van der Waals surface area contributed by atoms with Crippen molar-refractivity contribution >= 4 is 0 Å². The van der Waals surface area contributed by atoms with Gasteiger partial charge in [0.05, 0.1) is 0 Å². The van der Waals surface area contributed by atoms with Gasteiger partial charge in [0, 0.05) is 5.69 Å². The molecule has 1 heterocycles. The Kier molecular flexibility index (Phi) is 4.37. The highest BCUT2D eigenvalue weighted by molar-refractivity contribution is 5.09. The third-order valence-electron chi connectivity index (χ3n) is 1.09. The molecule has 74 valence electrons. The summed E-state index contributed by atoms with van der Waals surface area (Å²) in [5.41, 5.74) is -0.586. The molecular weight excluding hydrogens is 181 g/mol. The van der Waals surface area contributed by atoms with E-state index in [0.29, 0.717) is 5.69 Å². The summed E-state index contributed by atoms with van der Waals surface area (Å²) in [4.78, 5) is 6.62. The first kappa shape index (κ1) is 11.9. The quantitative estimate of drug-likeness (QED) is 0.631. The van der Waals surface area contributed by atoms with Crippen LogP contribution in [-0.2, 0) is 6.18 Å². The summed E-state index contributed by atoms with van der Waals surface area (Å²) >= 11 is 0. The third-order valence-corrected chi connectivity index (χ3v) is 1.09. The Balaban J connectivity index is 0.000000671. The molecule has 2 nitrogen and oxygen atoms in total. The van der Waals surface area contributed by atoms with Crippen LogP contribution in [0, 0.1) is 6.92 Å². The molecule has 5 heteroatoms. The van der Waals surface area contributed by atoms with Crippen LogP contribution in [0.2, 0.25) is 0 Å². The number of alkyl halides is 3. The highest BCUT2D eigenvalue weighted by Gasteiger charge is 2.32. The molecule has 0 aliphatic carbocycles. The molecule has 0 fully saturated rings. The van der Waals surface area contributed by atoms with E-state index in [1.165, 1.54) is 6.92 Å². The van der Waals surface area contributed by atoms with E-state index >= 15 is 0 Å². The SMILES string of the molecule is CC.Cc1cc(C(F)(F)F)ncn1. The standard InChI is InChI=1S/C6H5F3N2.C2H6/c1-4-2-5(6(7,8)9)11-3-10-4;1-2/h2-3H,1H3;1-2H3. The first-order valence-electron chi connectivity index (χ1n) is 3.86. The summed E-state index contributed by atoms with van der Waals surface area (Å²) in [6, 6.07) is 0.903. The molecule has 1 rings (SSSR count). The van der Waals surface area contributed by atoms with Gasteiger partial charge in [-0.25, -0.2) is 9.97 Å². The zero-order valence-electron chi connectivity index (χ0n) is 7.68. The summed E-state index contributed by atoms with van der Waals surface area (Å²) in [7, 11) is 0. The van der Waals surface area contributed by atoms with Gasteiger partial charge >= 0.3 is 6.18 Å². The van der Waals surface area contributed by atoms with Crippen molar-refractivity contribution in [3.8, 4) is 0 Å². The fourth-order valence-corrected chi connectivity index (χ4v) is 0.610. The Morgan fingerprint density at radius 2 is 1.69 bits per heavy atom. The van der Waals surface area contributed by atoms with Gasteiger partial charge in [0.2, 0.25) is 0 Å². The molecule has 0 N–H and O–H groups in total. The van der Waals surface area contributed by atoms with Crippen LogP contribution in [0.25, 0.3) is 0 Å². The molecule has 0 aliphatic heterocycles. The van der Waals surface area contributed by atoms with Gasteiger partial charge in [-0.1, -0.05) is 13.8 Å². The lowest BCUT2D eigenvalue weighted by atomic mass is 10.3. The van der Waals surface area contributed by atoms with Crippen molar-refractivity contribution in [1.29, 1.82) is 0 Å². The van der Waals surface area contributed by atoms with Crippen molar-refractivity contribution in [3.63, 3.8) is 0 Å². The third kappa shape index (κ3) is 3.87. The molecule has 0 saturated heterocycles. The molecule has 0 bridgehead atoms. The van der Waals surface area contributed by atoms with E-state index in [9.17, 15) is 13.2 Å². The van der Waals surface area contributed by atoms with E-state index in [-0.39, 0.29) is 0 Å². The van der Waals surface area contributed by atoms with Crippen LogP contribution >= 0.6 is 0 Å². The maximum Gasteiger partial charge on any atom is 0.433 e. The molecule has 0 saturated carbocycles. The summed E-state index contributed by atoms with van der Waals surface area (Å²) in [6.45, 7) is 5.48. The smallest absolute Gasteiger partial charge is 0.242 e. The molecule has 0 atom stereocenters. The van der Waals surface area contributed by atoms with Gasteiger partial charge in [-0.2, -0.15) is 13.2 Å². The highest BCUT2D eigenvalue weighted by atomic mass is 19.4. The second-order valence-electron chi connectivity index (χ2n) is 2.04. The van der Waals surface area contributed by atoms with Gasteiger partial charge in [0.1, 0.15) is 12.0 Å². The van der Waals surface area contributed by atoms with E-state index < -0.39 is 11.9 Å². The number of halogens is 3. The van der Waals surface area contributed by atoms with E-state index in [1.807, 2.05) is 13.8 Å². The summed E-state index contributed by atoms with van der Waals surface area (Å²) in [6.07, 6.45) is -3.47. The fourth-order valence-electron chi connectivity index (χ4n) is 0.610. The number of aryl methyl sites for hydroxylation is 1. The van der Waals surface area contributed by atoms with E-state index in [4.69, 9.17) is 0 Å². The summed E-state index contributed by atoms with van der Waals surface area (Å²) < 4.78 is 35.6. The van der Waals surface area contributed by atoms with Crippen LogP contribution in [-0.4, -0.2) is 9.97 Å². The van der Waals surface area contributed by atoms with E-state index in [1.54, 1.807) is 0 Å².